The van der Waals surface area contributed by atoms with E-state index in [1.54, 1.807) is 12.1 Å². The number of ether oxygens (including phenoxy) is 1. The molecule has 0 radical (unpaired) electrons. The van der Waals surface area contributed by atoms with Crippen molar-refractivity contribution >= 4 is 52.9 Å². The molecule has 0 aromatic heterocycles. The summed E-state index contributed by atoms with van der Waals surface area (Å²) >= 11 is 0. The van der Waals surface area contributed by atoms with Crippen molar-refractivity contribution in [3.8, 4) is 5.75 Å². The standard InChI is InChI=1S/C34H30N2O6Si/c1-34(2,3)43(26-12-6-4-7-13-26,27-14-8-5-9-15-27)42-31-19-11-16-28-29(31)17-10-18-30(28)35-33(38)41-32(37)24-20-22-25(23-21-24)36(39)40/h4-23H,1-3H3,(H,35,38). The van der Waals surface area contributed by atoms with Gasteiger partial charge in [-0.05, 0) is 39.7 Å². The Kier molecular flexibility index (Phi) is 8.09. The van der Waals surface area contributed by atoms with E-state index in [1.165, 1.54) is 24.3 Å². The summed E-state index contributed by atoms with van der Waals surface area (Å²) in [6.45, 7) is 6.61. The van der Waals surface area contributed by atoms with E-state index in [2.05, 4.69) is 50.4 Å². The summed E-state index contributed by atoms with van der Waals surface area (Å²) in [7, 11) is -2.93. The predicted molar refractivity (Wildman–Crippen MR) is 170 cm³/mol. The van der Waals surface area contributed by atoms with Gasteiger partial charge in [-0.2, -0.15) is 0 Å². The van der Waals surface area contributed by atoms with Gasteiger partial charge < -0.3 is 9.16 Å². The number of non-ortho nitro benzene ring substituents is 1. The van der Waals surface area contributed by atoms with E-state index >= 15 is 0 Å². The Hall–Kier alpha value is -5.28. The van der Waals surface area contributed by atoms with E-state index in [-0.39, 0.29) is 16.3 Å². The molecule has 43 heavy (non-hydrogen) atoms. The average molecular weight is 591 g/mol. The maximum atomic E-state index is 12.7. The average Bonchev–Trinajstić information content (AvgIpc) is 3.00. The number of carbonyl (C=O) groups excluding carboxylic acids is 2. The first-order chi connectivity index (χ1) is 20.6. The molecule has 0 aliphatic heterocycles. The van der Waals surface area contributed by atoms with Crippen LogP contribution in [0.15, 0.2) is 121 Å². The maximum absolute atomic E-state index is 12.7. The molecule has 5 aromatic carbocycles. The molecule has 216 valence electrons. The fourth-order valence-electron chi connectivity index (χ4n) is 5.29. The Labute approximate surface area is 250 Å². The third-order valence-electron chi connectivity index (χ3n) is 7.30. The Balaban J connectivity index is 1.49. The van der Waals surface area contributed by atoms with Crippen LogP contribution in [0.1, 0.15) is 31.1 Å². The number of carbonyl (C=O) groups is 2. The van der Waals surface area contributed by atoms with Crippen molar-refractivity contribution < 1.29 is 23.7 Å². The Morgan fingerprint density at radius 3 is 1.84 bits per heavy atom. The van der Waals surface area contributed by atoms with Gasteiger partial charge in [0, 0.05) is 22.9 Å². The fraction of sp³-hybridized carbons (Fsp3) is 0.118. The largest absolute Gasteiger partial charge is 0.534 e. The number of rotatable bonds is 7. The molecule has 0 heterocycles. The first-order valence-electron chi connectivity index (χ1n) is 13.7. The van der Waals surface area contributed by atoms with E-state index < -0.39 is 25.3 Å². The van der Waals surface area contributed by atoms with Gasteiger partial charge >= 0.3 is 20.4 Å². The molecule has 0 saturated heterocycles. The van der Waals surface area contributed by atoms with E-state index in [1.807, 2.05) is 60.7 Å². The molecule has 0 unspecified atom stereocenters. The highest BCUT2D eigenvalue weighted by molar-refractivity contribution is 7.00. The highest BCUT2D eigenvalue weighted by atomic mass is 28.4. The second-order valence-electron chi connectivity index (χ2n) is 11.0. The Morgan fingerprint density at radius 1 is 0.721 bits per heavy atom. The Morgan fingerprint density at radius 2 is 1.28 bits per heavy atom. The molecule has 0 atom stereocenters. The normalized spacial score (nSPS) is 11.5. The molecule has 0 fully saturated rings. The third kappa shape index (κ3) is 5.88. The number of nitro benzene ring substituents is 1. The van der Waals surface area contributed by atoms with Crippen LogP contribution in [-0.2, 0) is 4.74 Å². The number of benzene rings is 5. The SMILES string of the molecule is CC(C)(C)[Si](Oc1cccc2c(NC(=O)OC(=O)c3ccc([N+](=O)[O-])cc3)cccc12)(c1ccccc1)c1ccccc1. The molecule has 0 saturated carbocycles. The zero-order valence-electron chi connectivity index (χ0n) is 23.9. The molecule has 9 heteroatoms. The number of amides is 1. The summed E-state index contributed by atoms with van der Waals surface area (Å²) in [4.78, 5) is 35.5. The minimum Gasteiger partial charge on any atom is -0.534 e. The maximum Gasteiger partial charge on any atom is 0.419 e. The van der Waals surface area contributed by atoms with E-state index in [0.717, 1.165) is 15.8 Å². The lowest BCUT2D eigenvalue weighted by Crippen LogP contribution is -2.68. The molecular formula is C34H30N2O6Si. The van der Waals surface area contributed by atoms with E-state index in [0.29, 0.717) is 16.8 Å². The minimum absolute atomic E-state index is 0.0136. The van der Waals surface area contributed by atoms with Gasteiger partial charge in [-0.3, -0.25) is 15.4 Å². The van der Waals surface area contributed by atoms with Crippen LogP contribution in [0, 0.1) is 10.1 Å². The topological polar surface area (TPSA) is 108 Å². The summed E-state index contributed by atoms with van der Waals surface area (Å²) < 4.78 is 12.2. The van der Waals surface area contributed by atoms with Crippen LogP contribution in [0.25, 0.3) is 10.8 Å². The van der Waals surface area contributed by atoms with E-state index in [9.17, 15) is 19.7 Å². The van der Waals surface area contributed by atoms with Crippen LogP contribution in [0.3, 0.4) is 0 Å². The van der Waals surface area contributed by atoms with Gasteiger partial charge in [0.15, 0.2) is 0 Å². The zero-order valence-corrected chi connectivity index (χ0v) is 24.9. The number of nitro groups is 1. The number of fused-ring (bicyclic) bond motifs is 1. The van der Waals surface area contributed by atoms with E-state index in [4.69, 9.17) is 9.16 Å². The summed E-state index contributed by atoms with van der Waals surface area (Å²) in [5.74, 6) is -0.255. The quantitative estimate of drug-likeness (QED) is 0.0714. The van der Waals surface area contributed by atoms with Crippen LogP contribution in [0.2, 0.25) is 5.04 Å². The molecule has 0 aliphatic rings. The molecule has 0 spiro atoms. The fourth-order valence-corrected chi connectivity index (χ4v) is 9.73. The van der Waals surface area contributed by atoms with Crippen LogP contribution in [-0.4, -0.2) is 25.3 Å². The number of esters is 1. The molecule has 0 bridgehead atoms. The monoisotopic (exact) mass is 590 g/mol. The van der Waals surface area contributed by atoms with Gasteiger partial charge in [-0.25, -0.2) is 9.59 Å². The van der Waals surface area contributed by atoms with Crippen LogP contribution >= 0.6 is 0 Å². The van der Waals surface area contributed by atoms with Crippen LogP contribution in [0.5, 0.6) is 5.75 Å². The zero-order chi connectivity index (χ0) is 30.6. The number of hydrogen-bond acceptors (Lipinski definition) is 6. The lowest BCUT2D eigenvalue weighted by molar-refractivity contribution is -0.384. The Bertz CT molecular complexity index is 1750. The number of anilines is 1. The molecule has 1 amide bonds. The number of nitrogens with one attached hydrogen (secondary N) is 1. The molecular weight excluding hydrogens is 560 g/mol. The molecule has 0 aliphatic carbocycles. The lowest BCUT2D eigenvalue weighted by atomic mass is 10.1. The van der Waals surface area contributed by atoms with Gasteiger partial charge in [0.05, 0.1) is 16.2 Å². The molecule has 5 rings (SSSR count). The number of hydrogen-bond donors (Lipinski definition) is 1. The van der Waals surface area contributed by atoms with Crippen molar-refractivity contribution in [3.05, 3.63) is 137 Å². The second kappa shape index (κ2) is 11.9. The van der Waals surface area contributed by atoms with Crippen molar-refractivity contribution in [1.82, 2.24) is 0 Å². The summed E-state index contributed by atoms with van der Waals surface area (Å²) in [5, 5.41) is 17.1. The molecule has 1 N–H and O–H groups in total. The molecule has 8 nitrogen and oxygen atoms in total. The third-order valence-corrected chi connectivity index (χ3v) is 12.2. The van der Waals surface area contributed by atoms with Crippen LogP contribution in [0.4, 0.5) is 16.2 Å². The van der Waals surface area contributed by atoms with Gasteiger partial charge in [0.2, 0.25) is 0 Å². The lowest BCUT2D eigenvalue weighted by Gasteiger charge is -2.43. The summed E-state index contributed by atoms with van der Waals surface area (Å²) in [6, 6.07) is 36.6. The van der Waals surface area contributed by atoms with Gasteiger partial charge in [0.25, 0.3) is 5.69 Å². The molecule has 5 aromatic rings. The van der Waals surface area contributed by atoms with Crippen molar-refractivity contribution in [2.45, 2.75) is 25.8 Å². The highest BCUT2D eigenvalue weighted by Gasteiger charge is 2.52. The van der Waals surface area contributed by atoms with Crippen molar-refractivity contribution in [3.63, 3.8) is 0 Å². The first kappa shape index (κ1) is 29.2. The van der Waals surface area contributed by atoms with Crippen LogP contribution < -0.4 is 20.1 Å². The van der Waals surface area contributed by atoms with Gasteiger partial charge in [0.1, 0.15) is 5.75 Å². The minimum atomic E-state index is -2.93. The predicted octanol–water partition coefficient (Wildman–Crippen LogP) is 7.08. The van der Waals surface area contributed by atoms with Crippen molar-refractivity contribution in [1.29, 1.82) is 0 Å². The summed E-state index contributed by atoms with van der Waals surface area (Å²) in [5.41, 5.74) is 0.277. The number of nitrogens with zero attached hydrogens (tertiary/aromatic N) is 1. The van der Waals surface area contributed by atoms with Gasteiger partial charge in [-0.1, -0.05) is 106 Å². The second-order valence-corrected chi connectivity index (χ2v) is 15.2. The summed E-state index contributed by atoms with van der Waals surface area (Å²) in [6.07, 6.45) is -0.978. The van der Waals surface area contributed by atoms with Gasteiger partial charge in [-0.15, -0.1) is 0 Å². The first-order valence-corrected chi connectivity index (χ1v) is 15.6. The smallest absolute Gasteiger partial charge is 0.419 e. The highest BCUT2D eigenvalue weighted by Crippen LogP contribution is 2.40. The van der Waals surface area contributed by atoms with Crippen molar-refractivity contribution in [2.75, 3.05) is 5.32 Å². The van der Waals surface area contributed by atoms with Crippen molar-refractivity contribution in [2.24, 2.45) is 0 Å².